The van der Waals surface area contributed by atoms with Crippen molar-refractivity contribution in [2.45, 2.75) is 44.8 Å². The Morgan fingerprint density at radius 1 is 1.30 bits per heavy atom. The molecule has 1 heterocycles. The maximum atomic E-state index is 12.9. The summed E-state index contributed by atoms with van der Waals surface area (Å²) >= 11 is 0. The predicted molar refractivity (Wildman–Crippen MR) is 86.8 cm³/mol. The molecule has 1 aliphatic heterocycles. The van der Waals surface area contributed by atoms with Crippen LogP contribution in [0.5, 0.6) is 5.75 Å². The second-order valence-electron chi connectivity index (χ2n) is 6.65. The van der Waals surface area contributed by atoms with Gasteiger partial charge in [0.15, 0.2) is 0 Å². The Balaban J connectivity index is 1.48. The van der Waals surface area contributed by atoms with E-state index in [-0.39, 0.29) is 23.9 Å². The van der Waals surface area contributed by atoms with Gasteiger partial charge in [0, 0.05) is 0 Å². The molecule has 5 heteroatoms. The third-order valence-electron chi connectivity index (χ3n) is 4.59. The number of hydrogen-bond acceptors (Lipinski definition) is 3. The highest BCUT2D eigenvalue weighted by Crippen LogP contribution is 2.36. The van der Waals surface area contributed by atoms with E-state index in [1.54, 1.807) is 12.1 Å². The number of carbonyl (C=O) groups is 1. The van der Waals surface area contributed by atoms with Crippen molar-refractivity contribution in [2.75, 3.05) is 19.6 Å². The first kappa shape index (κ1) is 16.2. The van der Waals surface area contributed by atoms with Crippen LogP contribution in [-0.4, -0.2) is 42.6 Å². The summed E-state index contributed by atoms with van der Waals surface area (Å²) in [4.78, 5) is 14.9. The van der Waals surface area contributed by atoms with Gasteiger partial charge in [-0.05, 0) is 75.9 Å². The highest BCUT2D eigenvalue weighted by molar-refractivity contribution is 5.82. The van der Waals surface area contributed by atoms with Crippen LogP contribution in [0, 0.1) is 11.7 Å². The molecule has 1 N–H and O–H groups in total. The molecule has 1 aromatic rings. The lowest BCUT2D eigenvalue weighted by molar-refractivity contribution is -0.127. The number of nitrogens with zero attached hydrogens (tertiary/aromatic N) is 1. The van der Waals surface area contributed by atoms with E-state index in [0.29, 0.717) is 18.2 Å². The van der Waals surface area contributed by atoms with Gasteiger partial charge in [-0.2, -0.15) is 0 Å². The number of carbonyl (C=O) groups excluding carboxylic acids is 1. The second kappa shape index (κ2) is 7.30. The summed E-state index contributed by atoms with van der Waals surface area (Å²) in [5.74, 6) is 0.994. The van der Waals surface area contributed by atoms with E-state index in [2.05, 4.69) is 10.2 Å². The normalized spacial score (nSPS) is 21.0. The molecule has 0 bridgehead atoms. The number of halogens is 1. The lowest BCUT2D eigenvalue weighted by Crippen LogP contribution is -2.49. The minimum Gasteiger partial charge on any atom is -0.489 e. The van der Waals surface area contributed by atoms with Crippen LogP contribution in [0.3, 0.4) is 0 Å². The van der Waals surface area contributed by atoms with Crippen molar-refractivity contribution in [2.24, 2.45) is 5.92 Å². The smallest absolute Gasteiger partial charge is 0.237 e. The third-order valence-corrected chi connectivity index (χ3v) is 4.59. The molecule has 0 aromatic heterocycles. The molecule has 3 rings (SSSR count). The van der Waals surface area contributed by atoms with Crippen molar-refractivity contribution in [1.82, 2.24) is 10.2 Å². The summed E-state index contributed by atoms with van der Waals surface area (Å²) < 4.78 is 18.6. The largest absolute Gasteiger partial charge is 0.489 e. The van der Waals surface area contributed by atoms with Crippen LogP contribution in [0.4, 0.5) is 4.39 Å². The molecule has 0 unspecified atom stereocenters. The number of nitrogens with one attached hydrogen (secondary N) is 1. The van der Waals surface area contributed by atoms with Crippen LogP contribution >= 0.6 is 0 Å². The number of ether oxygens (including phenoxy) is 1. The molecule has 1 aromatic carbocycles. The van der Waals surface area contributed by atoms with Gasteiger partial charge in [0.25, 0.3) is 0 Å². The summed E-state index contributed by atoms with van der Waals surface area (Å²) in [7, 11) is 0. The summed E-state index contributed by atoms with van der Waals surface area (Å²) in [6.07, 6.45) is 4.57. The quantitative estimate of drug-likeness (QED) is 0.839. The molecule has 1 saturated carbocycles. The Labute approximate surface area is 137 Å². The minimum absolute atomic E-state index is 0.0375. The first-order valence-electron chi connectivity index (χ1n) is 8.57. The van der Waals surface area contributed by atoms with Gasteiger partial charge in [-0.1, -0.05) is 0 Å². The van der Waals surface area contributed by atoms with E-state index in [1.165, 1.54) is 25.0 Å². The van der Waals surface area contributed by atoms with Crippen LogP contribution in [-0.2, 0) is 4.79 Å². The van der Waals surface area contributed by atoms with Gasteiger partial charge in [0.1, 0.15) is 17.7 Å². The highest BCUT2D eigenvalue weighted by Gasteiger charge is 2.40. The monoisotopic (exact) mass is 320 g/mol. The average molecular weight is 320 g/mol. The second-order valence-corrected chi connectivity index (χ2v) is 6.65. The van der Waals surface area contributed by atoms with Crippen molar-refractivity contribution >= 4 is 5.91 Å². The van der Waals surface area contributed by atoms with Crippen molar-refractivity contribution in [3.8, 4) is 5.75 Å². The summed E-state index contributed by atoms with van der Waals surface area (Å²) in [5.41, 5.74) is 0. The Morgan fingerprint density at radius 2 is 1.96 bits per heavy atom. The van der Waals surface area contributed by atoms with E-state index in [4.69, 9.17) is 4.74 Å². The molecule has 1 saturated heterocycles. The van der Waals surface area contributed by atoms with Crippen molar-refractivity contribution in [1.29, 1.82) is 0 Å². The van der Waals surface area contributed by atoms with Crippen molar-refractivity contribution in [3.05, 3.63) is 30.1 Å². The fourth-order valence-corrected chi connectivity index (χ4v) is 3.25. The van der Waals surface area contributed by atoms with Crippen LogP contribution < -0.4 is 10.1 Å². The molecule has 23 heavy (non-hydrogen) atoms. The van der Waals surface area contributed by atoms with Gasteiger partial charge in [0.2, 0.25) is 5.91 Å². The Bertz CT molecular complexity index is 524. The van der Waals surface area contributed by atoms with Gasteiger partial charge in [-0.15, -0.1) is 0 Å². The lowest BCUT2D eigenvalue weighted by atomic mass is 10.1. The van der Waals surface area contributed by atoms with Gasteiger partial charge < -0.3 is 10.1 Å². The average Bonchev–Trinajstić information content (AvgIpc) is 3.22. The fourth-order valence-electron chi connectivity index (χ4n) is 3.25. The number of amides is 1. The van der Waals surface area contributed by atoms with Crippen LogP contribution in [0.15, 0.2) is 24.3 Å². The van der Waals surface area contributed by atoms with Crippen molar-refractivity contribution < 1.29 is 13.9 Å². The van der Waals surface area contributed by atoms with E-state index >= 15 is 0 Å². The maximum absolute atomic E-state index is 12.9. The Kier molecular flexibility index (Phi) is 5.16. The van der Waals surface area contributed by atoms with Gasteiger partial charge in [0.05, 0.1) is 12.6 Å². The first-order chi connectivity index (χ1) is 11.1. The summed E-state index contributed by atoms with van der Waals surface area (Å²) in [6.45, 7) is 4.45. The highest BCUT2D eigenvalue weighted by atomic mass is 19.1. The molecule has 0 radical (unpaired) electrons. The molecule has 0 spiro atoms. The van der Waals surface area contributed by atoms with Crippen molar-refractivity contribution in [3.63, 3.8) is 0 Å². The van der Waals surface area contributed by atoms with E-state index in [0.717, 1.165) is 25.9 Å². The van der Waals surface area contributed by atoms with E-state index < -0.39 is 0 Å². The lowest BCUT2D eigenvalue weighted by Gasteiger charge is -2.27. The first-order valence-corrected chi connectivity index (χ1v) is 8.57. The molecule has 126 valence electrons. The van der Waals surface area contributed by atoms with E-state index in [1.807, 2.05) is 6.92 Å². The molecule has 4 nitrogen and oxygen atoms in total. The molecule has 2 atom stereocenters. The van der Waals surface area contributed by atoms with E-state index in [9.17, 15) is 9.18 Å². The minimum atomic E-state index is -0.281. The molecule has 2 aliphatic rings. The SMILES string of the molecule is C[C@@H](CNC(=O)[C@@H](C1CC1)N1CCCC1)Oc1ccc(F)cc1. The zero-order valence-corrected chi connectivity index (χ0v) is 13.6. The maximum Gasteiger partial charge on any atom is 0.237 e. The van der Waals surface area contributed by atoms with Gasteiger partial charge in [-0.25, -0.2) is 4.39 Å². The number of benzene rings is 1. The van der Waals surface area contributed by atoms with Crippen LogP contribution in [0.25, 0.3) is 0 Å². The fraction of sp³-hybridized carbons (Fsp3) is 0.611. The van der Waals surface area contributed by atoms with Crippen LogP contribution in [0.1, 0.15) is 32.6 Å². The Morgan fingerprint density at radius 3 is 2.57 bits per heavy atom. The molecule has 2 fully saturated rings. The molecular formula is C18H25FN2O2. The number of rotatable bonds is 7. The molecule has 1 amide bonds. The topological polar surface area (TPSA) is 41.6 Å². The summed E-state index contributed by atoms with van der Waals surface area (Å²) in [5, 5.41) is 3.03. The number of likely N-dealkylation sites (tertiary alicyclic amines) is 1. The standard InChI is InChI=1S/C18H25FN2O2/c1-13(23-16-8-6-15(19)7-9-16)12-20-18(22)17(14-4-5-14)21-10-2-3-11-21/h6-9,13-14,17H,2-5,10-12H2,1H3,(H,20,22)/t13-,17+/m0/s1. The van der Waals surface area contributed by atoms with Crippen LogP contribution in [0.2, 0.25) is 0 Å². The third kappa shape index (κ3) is 4.44. The zero-order valence-electron chi connectivity index (χ0n) is 13.6. The molecule has 1 aliphatic carbocycles. The predicted octanol–water partition coefficient (Wildman–Crippen LogP) is 2.58. The Hall–Kier alpha value is -1.62. The molecular weight excluding hydrogens is 295 g/mol. The summed E-state index contributed by atoms with van der Waals surface area (Å²) in [6, 6.07) is 5.99. The van der Waals surface area contributed by atoms with Gasteiger partial charge in [-0.3, -0.25) is 9.69 Å². The zero-order chi connectivity index (χ0) is 16.2. The number of hydrogen-bond donors (Lipinski definition) is 1. The van der Waals surface area contributed by atoms with Gasteiger partial charge >= 0.3 is 0 Å².